The van der Waals surface area contributed by atoms with E-state index in [9.17, 15) is 14.0 Å². The summed E-state index contributed by atoms with van der Waals surface area (Å²) in [5.41, 5.74) is 0.238. The van der Waals surface area contributed by atoms with Gasteiger partial charge in [0.15, 0.2) is 0 Å². The summed E-state index contributed by atoms with van der Waals surface area (Å²) in [4.78, 5) is 24.3. The average Bonchev–Trinajstić information content (AvgIpc) is 3.17. The maximum Gasteiger partial charge on any atom is 0.305 e. The van der Waals surface area contributed by atoms with Gasteiger partial charge in [-0.05, 0) is 30.5 Å². The van der Waals surface area contributed by atoms with Crippen LogP contribution in [0.15, 0.2) is 24.3 Å². The molecule has 1 aliphatic rings. The molecule has 102 valence electrons. The van der Waals surface area contributed by atoms with Crippen LogP contribution in [-0.2, 0) is 15.0 Å². The van der Waals surface area contributed by atoms with Gasteiger partial charge in [0.05, 0.1) is 11.8 Å². The largest absolute Gasteiger partial charge is 0.481 e. The Hall–Kier alpha value is -1.91. The van der Waals surface area contributed by atoms with Gasteiger partial charge in [0.25, 0.3) is 0 Å². The number of hydrogen-bond acceptors (Lipinski definition) is 2. The second-order valence-electron chi connectivity index (χ2n) is 4.96. The second kappa shape index (κ2) is 4.99. The topological polar surface area (TPSA) is 57.6 Å². The molecule has 0 radical (unpaired) electrons. The number of carboxylic acid groups (broad SMARTS) is 1. The first-order chi connectivity index (χ1) is 8.95. The highest BCUT2D eigenvalue weighted by Crippen LogP contribution is 2.49. The predicted octanol–water partition coefficient (Wildman–Crippen LogP) is 1.79. The van der Waals surface area contributed by atoms with Gasteiger partial charge in [0.2, 0.25) is 5.91 Å². The van der Waals surface area contributed by atoms with Crippen LogP contribution in [0, 0.1) is 5.82 Å². The third-order valence-electron chi connectivity index (χ3n) is 3.56. The monoisotopic (exact) mass is 265 g/mol. The normalized spacial score (nSPS) is 15.9. The highest BCUT2D eigenvalue weighted by Gasteiger charge is 2.52. The van der Waals surface area contributed by atoms with Crippen molar-refractivity contribution in [3.05, 3.63) is 35.6 Å². The molecule has 0 unspecified atom stereocenters. The molecule has 1 aromatic carbocycles. The molecule has 1 fully saturated rings. The number of carbonyl (C=O) groups is 2. The maximum absolute atomic E-state index is 12.9. The number of carbonyl (C=O) groups excluding carboxylic acids is 1. The van der Waals surface area contributed by atoms with Crippen LogP contribution in [0.25, 0.3) is 0 Å². The van der Waals surface area contributed by atoms with Crippen molar-refractivity contribution >= 4 is 11.9 Å². The summed E-state index contributed by atoms with van der Waals surface area (Å²) in [5, 5.41) is 8.63. The van der Waals surface area contributed by atoms with Crippen molar-refractivity contribution in [2.45, 2.75) is 24.7 Å². The third kappa shape index (κ3) is 2.75. The van der Waals surface area contributed by atoms with Crippen LogP contribution in [0.4, 0.5) is 4.39 Å². The van der Waals surface area contributed by atoms with E-state index in [4.69, 9.17) is 5.11 Å². The zero-order valence-corrected chi connectivity index (χ0v) is 10.7. The van der Waals surface area contributed by atoms with Crippen molar-refractivity contribution in [1.82, 2.24) is 4.90 Å². The van der Waals surface area contributed by atoms with Gasteiger partial charge < -0.3 is 10.0 Å². The number of hydrogen-bond donors (Lipinski definition) is 1. The van der Waals surface area contributed by atoms with Gasteiger partial charge in [0.1, 0.15) is 5.82 Å². The molecule has 0 heterocycles. The van der Waals surface area contributed by atoms with Gasteiger partial charge >= 0.3 is 5.97 Å². The van der Waals surface area contributed by atoms with Crippen LogP contribution in [0.5, 0.6) is 0 Å². The minimum Gasteiger partial charge on any atom is -0.481 e. The molecule has 0 aliphatic heterocycles. The summed E-state index contributed by atoms with van der Waals surface area (Å²) in [6.07, 6.45) is 1.39. The Bertz CT molecular complexity index is 494. The van der Waals surface area contributed by atoms with Crippen molar-refractivity contribution in [3.8, 4) is 0 Å². The van der Waals surface area contributed by atoms with E-state index in [1.54, 1.807) is 19.2 Å². The molecule has 1 aliphatic carbocycles. The number of carboxylic acids is 1. The molecular formula is C14H16FNO3. The first-order valence-electron chi connectivity index (χ1n) is 6.19. The summed E-state index contributed by atoms with van der Waals surface area (Å²) in [5.74, 6) is -1.34. The lowest BCUT2D eigenvalue weighted by Gasteiger charge is -2.23. The van der Waals surface area contributed by atoms with Crippen molar-refractivity contribution in [1.29, 1.82) is 0 Å². The van der Waals surface area contributed by atoms with Crippen LogP contribution in [0.3, 0.4) is 0 Å². The highest BCUT2D eigenvalue weighted by molar-refractivity contribution is 5.91. The fraction of sp³-hybridized carbons (Fsp3) is 0.429. The summed E-state index contributed by atoms with van der Waals surface area (Å²) in [6.45, 7) is 0.192. The number of halogens is 1. The second-order valence-corrected chi connectivity index (χ2v) is 4.96. The number of likely N-dealkylation sites (N-methyl/N-ethyl adjacent to an activating group) is 1. The Morgan fingerprint density at radius 3 is 2.37 bits per heavy atom. The number of benzene rings is 1. The van der Waals surface area contributed by atoms with E-state index in [0.717, 1.165) is 18.4 Å². The average molecular weight is 265 g/mol. The Morgan fingerprint density at radius 2 is 1.89 bits per heavy atom. The maximum atomic E-state index is 12.9. The van der Waals surface area contributed by atoms with Crippen LogP contribution >= 0.6 is 0 Å². The fourth-order valence-electron chi connectivity index (χ4n) is 2.25. The van der Waals surface area contributed by atoms with Gasteiger partial charge in [-0.15, -0.1) is 0 Å². The van der Waals surface area contributed by atoms with E-state index in [0.29, 0.717) is 0 Å². The van der Waals surface area contributed by atoms with E-state index in [-0.39, 0.29) is 24.7 Å². The summed E-state index contributed by atoms with van der Waals surface area (Å²) in [6, 6.07) is 5.95. The van der Waals surface area contributed by atoms with Crippen molar-refractivity contribution in [2.24, 2.45) is 0 Å². The first-order valence-corrected chi connectivity index (χ1v) is 6.19. The van der Waals surface area contributed by atoms with Crippen molar-refractivity contribution in [2.75, 3.05) is 13.6 Å². The lowest BCUT2D eigenvalue weighted by molar-refractivity contribution is -0.138. The minimum absolute atomic E-state index is 0.0677. The third-order valence-corrected chi connectivity index (χ3v) is 3.56. The van der Waals surface area contributed by atoms with E-state index < -0.39 is 11.4 Å². The molecule has 2 rings (SSSR count). The van der Waals surface area contributed by atoms with Gasteiger partial charge in [-0.25, -0.2) is 4.39 Å². The Labute approximate surface area is 110 Å². The molecule has 1 N–H and O–H groups in total. The molecule has 0 atom stereocenters. The minimum atomic E-state index is -0.925. The van der Waals surface area contributed by atoms with Crippen molar-refractivity contribution in [3.63, 3.8) is 0 Å². The molecule has 19 heavy (non-hydrogen) atoms. The standard InChI is InChI=1S/C14H16FNO3/c1-16(9-6-12(17)18)13(19)14(7-8-14)10-2-4-11(15)5-3-10/h2-5H,6-9H2,1H3,(H,17,18). The van der Waals surface area contributed by atoms with Gasteiger partial charge in [0, 0.05) is 13.6 Å². The summed E-state index contributed by atoms with van der Waals surface area (Å²) < 4.78 is 12.9. The van der Waals surface area contributed by atoms with Gasteiger partial charge in [-0.1, -0.05) is 12.1 Å². The predicted molar refractivity (Wildman–Crippen MR) is 67.2 cm³/mol. The molecule has 1 amide bonds. The highest BCUT2D eigenvalue weighted by atomic mass is 19.1. The quantitative estimate of drug-likeness (QED) is 0.883. The number of nitrogens with zero attached hydrogens (tertiary/aromatic N) is 1. The Morgan fingerprint density at radius 1 is 1.32 bits per heavy atom. The van der Waals surface area contributed by atoms with E-state index in [1.165, 1.54) is 17.0 Å². The van der Waals surface area contributed by atoms with Crippen LogP contribution in [0.1, 0.15) is 24.8 Å². The molecule has 0 saturated heterocycles. The smallest absolute Gasteiger partial charge is 0.305 e. The van der Waals surface area contributed by atoms with Gasteiger partial charge in [-0.2, -0.15) is 0 Å². The first kappa shape index (κ1) is 13.5. The SMILES string of the molecule is CN(CCC(=O)O)C(=O)C1(c2ccc(F)cc2)CC1. The van der Waals surface area contributed by atoms with Crippen molar-refractivity contribution < 1.29 is 19.1 Å². The molecule has 0 aromatic heterocycles. The molecule has 0 spiro atoms. The Kier molecular flexibility index (Phi) is 3.55. The molecule has 1 aromatic rings. The lowest BCUT2D eigenvalue weighted by atomic mass is 9.94. The zero-order valence-electron chi connectivity index (χ0n) is 10.7. The number of amides is 1. The van der Waals surface area contributed by atoms with Crippen LogP contribution < -0.4 is 0 Å². The van der Waals surface area contributed by atoms with Gasteiger partial charge in [-0.3, -0.25) is 9.59 Å². The summed E-state index contributed by atoms with van der Waals surface area (Å²) in [7, 11) is 1.61. The van der Waals surface area contributed by atoms with E-state index in [2.05, 4.69) is 0 Å². The van der Waals surface area contributed by atoms with E-state index in [1.807, 2.05) is 0 Å². The zero-order chi connectivity index (χ0) is 14.0. The molecule has 1 saturated carbocycles. The molecule has 5 heteroatoms. The number of aliphatic carboxylic acids is 1. The van der Waals surface area contributed by atoms with Crippen LogP contribution in [-0.4, -0.2) is 35.5 Å². The van der Waals surface area contributed by atoms with Crippen LogP contribution in [0.2, 0.25) is 0 Å². The summed E-state index contributed by atoms with van der Waals surface area (Å²) >= 11 is 0. The number of rotatable bonds is 5. The molecular weight excluding hydrogens is 249 g/mol. The van der Waals surface area contributed by atoms with E-state index >= 15 is 0 Å². The molecule has 4 nitrogen and oxygen atoms in total. The molecule has 0 bridgehead atoms. The lowest BCUT2D eigenvalue weighted by Crippen LogP contribution is -2.37. The fourth-order valence-corrected chi connectivity index (χ4v) is 2.25. The Balaban J connectivity index is 2.09.